The molecule has 1 aliphatic rings. The summed E-state index contributed by atoms with van der Waals surface area (Å²) >= 11 is 0. The van der Waals surface area contributed by atoms with Crippen molar-refractivity contribution in [2.75, 3.05) is 20.2 Å². The quantitative estimate of drug-likeness (QED) is 0.807. The van der Waals surface area contributed by atoms with Crippen LogP contribution in [-0.4, -0.2) is 35.0 Å². The monoisotopic (exact) mass is 218 g/mol. The van der Waals surface area contributed by atoms with Crippen LogP contribution in [0.3, 0.4) is 0 Å². The van der Waals surface area contributed by atoms with Gasteiger partial charge < -0.3 is 10.1 Å². The molecule has 0 unspecified atom stereocenters. The number of likely N-dealkylation sites (N-methyl/N-ethyl adjacent to an activating group) is 1. The Labute approximate surface area is 93.4 Å². The fourth-order valence-corrected chi connectivity index (χ4v) is 2.17. The van der Waals surface area contributed by atoms with Crippen molar-refractivity contribution in [3.63, 3.8) is 0 Å². The lowest BCUT2D eigenvalue weighted by molar-refractivity contribution is 0.0194. The highest BCUT2D eigenvalue weighted by Gasteiger charge is 2.25. The molecule has 0 amide bonds. The van der Waals surface area contributed by atoms with Crippen molar-refractivity contribution >= 4 is 11.0 Å². The Hall–Kier alpha value is -1.46. The van der Waals surface area contributed by atoms with Gasteiger partial charge in [-0.3, -0.25) is 9.67 Å². The number of nitrogens with zero attached hydrogens (tertiary/aromatic N) is 3. The van der Waals surface area contributed by atoms with Crippen LogP contribution in [0.15, 0.2) is 18.3 Å². The molecule has 2 aromatic heterocycles. The number of nitrogens with one attached hydrogen (secondary N) is 1. The van der Waals surface area contributed by atoms with E-state index in [1.807, 2.05) is 23.9 Å². The van der Waals surface area contributed by atoms with Crippen molar-refractivity contribution < 1.29 is 4.74 Å². The lowest BCUT2D eigenvalue weighted by Crippen LogP contribution is -2.28. The fraction of sp³-hybridized carbons (Fsp3) is 0.455. The van der Waals surface area contributed by atoms with E-state index in [4.69, 9.17) is 4.74 Å². The van der Waals surface area contributed by atoms with Crippen molar-refractivity contribution in [2.45, 2.75) is 12.6 Å². The van der Waals surface area contributed by atoms with Gasteiger partial charge in [-0.05, 0) is 19.2 Å². The second-order valence-corrected chi connectivity index (χ2v) is 3.90. The van der Waals surface area contributed by atoms with Gasteiger partial charge in [0.25, 0.3) is 0 Å². The number of hydrogen-bond donors (Lipinski definition) is 1. The highest BCUT2D eigenvalue weighted by molar-refractivity contribution is 5.77. The summed E-state index contributed by atoms with van der Waals surface area (Å²) < 4.78 is 7.76. The smallest absolute Gasteiger partial charge is 0.114 e. The van der Waals surface area contributed by atoms with Crippen LogP contribution in [0.2, 0.25) is 0 Å². The molecule has 0 saturated carbocycles. The second kappa shape index (κ2) is 3.84. The summed E-state index contributed by atoms with van der Waals surface area (Å²) in [5, 5.41) is 7.67. The molecule has 0 radical (unpaired) electrons. The number of pyridine rings is 1. The molecule has 1 atom stereocenters. The van der Waals surface area contributed by atoms with E-state index >= 15 is 0 Å². The lowest BCUT2D eigenvalue weighted by Gasteiger charge is -2.23. The molecule has 16 heavy (non-hydrogen) atoms. The Kier molecular flexibility index (Phi) is 2.34. The van der Waals surface area contributed by atoms with Crippen molar-refractivity contribution in [1.82, 2.24) is 20.1 Å². The number of rotatable bonds is 2. The Morgan fingerprint density at radius 1 is 1.62 bits per heavy atom. The summed E-state index contributed by atoms with van der Waals surface area (Å²) in [6.45, 7) is 2.32. The number of hydrogen-bond acceptors (Lipinski definition) is 4. The van der Waals surface area contributed by atoms with E-state index in [-0.39, 0.29) is 6.10 Å². The van der Waals surface area contributed by atoms with Gasteiger partial charge in [0, 0.05) is 12.7 Å². The predicted molar refractivity (Wildman–Crippen MR) is 60.1 cm³/mol. The van der Waals surface area contributed by atoms with Crippen LogP contribution in [0.1, 0.15) is 11.8 Å². The third kappa shape index (κ3) is 1.40. The van der Waals surface area contributed by atoms with E-state index in [1.54, 1.807) is 6.20 Å². The molecule has 5 nitrogen and oxygen atoms in total. The highest BCUT2D eigenvalue weighted by atomic mass is 16.5. The first kappa shape index (κ1) is 9.74. The first-order valence-electron chi connectivity index (χ1n) is 5.48. The predicted octanol–water partition coefficient (Wildman–Crippen LogP) is 0.722. The molecule has 0 bridgehead atoms. The third-order valence-electron chi connectivity index (χ3n) is 2.85. The SMILES string of the molecule is CNC[C@@H]1OCCn2nc3cccnc3c21. The van der Waals surface area contributed by atoms with E-state index in [2.05, 4.69) is 15.4 Å². The van der Waals surface area contributed by atoms with Crippen molar-refractivity contribution in [2.24, 2.45) is 0 Å². The Morgan fingerprint density at radius 2 is 2.56 bits per heavy atom. The van der Waals surface area contributed by atoms with Gasteiger partial charge in [-0.15, -0.1) is 0 Å². The molecule has 0 spiro atoms. The minimum Gasteiger partial charge on any atom is -0.369 e. The average Bonchev–Trinajstić information content (AvgIpc) is 2.68. The van der Waals surface area contributed by atoms with E-state index in [9.17, 15) is 0 Å². The molecule has 0 fully saturated rings. The van der Waals surface area contributed by atoms with Gasteiger partial charge in [0.2, 0.25) is 0 Å². The molecule has 1 N–H and O–H groups in total. The van der Waals surface area contributed by atoms with Gasteiger partial charge in [0.15, 0.2) is 0 Å². The van der Waals surface area contributed by atoms with E-state index in [0.717, 1.165) is 29.8 Å². The van der Waals surface area contributed by atoms with Gasteiger partial charge in [0.1, 0.15) is 17.1 Å². The topological polar surface area (TPSA) is 52.0 Å². The van der Waals surface area contributed by atoms with Gasteiger partial charge in [-0.1, -0.05) is 0 Å². The molecule has 0 saturated heterocycles. The molecular formula is C11H14N4O. The fourth-order valence-electron chi connectivity index (χ4n) is 2.17. The van der Waals surface area contributed by atoms with E-state index in [1.165, 1.54) is 0 Å². The van der Waals surface area contributed by atoms with Crippen LogP contribution in [0.5, 0.6) is 0 Å². The maximum absolute atomic E-state index is 5.75. The first-order chi connectivity index (χ1) is 7.90. The zero-order chi connectivity index (χ0) is 11.0. The summed E-state index contributed by atoms with van der Waals surface area (Å²) in [4.78, 5) is 4.40. The molecule has 0 aromatic carbocycles. The molecule has 5 heteroatoms. The van der Waals surface area contributed by atoms with E-state index < -0.39 is 0 Å². The second-order valence-electron chi connectivity index (χ2n) is 3.90. The molecule has 2 aromatic rings. The standard InChI is InChI=1S/C11H14N4O/c1-12-7-9-11-10-8(3-2-4-13-10)14-15(11)5-6-16-9/h2-4,9,12H,5-7H2,1H3/t9-/m0/s1. The van der Waals surface area contributed by atoms with Crippen LogP contribution < -0.4 is 5.32 Å². The van der Waals surface area contributed by atoms with E-state index in [0.29, 0.717) is 6.61 Å². The minimum atomic E-state index is 0.0543. The maximum Gasteiger partial charge on any atom is 0.114 e. The summed E-state index contributed by atoms with van der Waals surface area (Å²) in [5.74, 6) is 0. The summed E-state index contributed by atoms with van der Waals surface area (Å²) in [5.41, 5.74) is 3.00. The third-order valence-corrected chi connectivity index (χ3v) is 2.85. The number of fused-ring (bicyclic) bond motifs is 3. The van der Waals surface area contributed by atoms with Crippen LogP contribution in [0.25, 0.3) is 11.0 Å². The van der Waals surface area contributed by atoms with Gasteiger partial charge in [-0.25, -0.2) is 0 Å². The summed E-state index contributed by atoms with van der Waals surface area (Å²) in [6.07, 6.45) is 1.86. The number of ether oxygens (including phenoxy) is 1. The molecule has 3 heterocycles. The highest BCUT2D eigenvalue weighted by Crippen LogP contribution is 2.27. The maximum atomic E-state index is 5.75. The normalized spacial score (nSPS) is 19.9. The van der Waals surface area contributed by atoms with Gasteiger partial charge in [-0.2, -0.15) is 5.10 Å². The van der Waals surface area contributed by atoms with Crippen LogP contribution in [-0.2, 0) is 11.3 Å². The van der Waals surface area contributed by atoms with Crippen LogP contribution >= 0.6 is 0 Å². The van der Waals surface area contributed by atoms with Crippen molar-refractivity contribution in [3.8, 4) is 0 Å². The Bertz CT molecular complexity index is 508. The average molecular weight is 218 g/mol. The summed E-state index contributed by atoms with van der Waals surface area (Å²) in [7, 11) is 1.92. The van der Waals surface area contributed by atoms with Crippen LogP contribution in [0, 0.1) is 0 Å². The van der Waals surface area contributed by atoms with Crippen molar-refractivity contribution in [1.29, 1.82) is 0 Å². The zero-order valence-electron chi connectivity index (χ0n) is 9.18. The van der Waals surface area contributed by atoms with Gasteiger partial charge in [0.05, 0.1) is 18.8 Å². The lowest BCUT2D eigenvalue weighted by atomic mass is 10.2. The Balaban J connectivity index is 2.16. The molecule has 84 valence electrons. The Morgan fingerprint density at radius 3 is 3.44 bits per heavy atom. The zero-order valence-corrected chi connectivity index (χ0v) is 9.18. The molecule has 1 aliphatic heterocycles. The van der Waals surface area contributed by atoms with Crippen LogP contribution in [0.4, 0.5) is 0 Å². The molecule has 3 rings (SSSR count). The summed E-state index contributed by atoms with van der Waals surface area (Å²) in [6, 6.07) is 3.90. The number of aromatic nitrogens is 3. The first-order valence-corrected chi connectivity index (χ1v) is 5.48. The largest absolute Gasteiger partial charge is 0.369 e. The minimum absolute atomic E-state index is 0.0543. The molecular weight excluding hydrogens is 204 g/mol. The van der Waals surface area contributed by atoms with Crippen molar-refractivity contribution in [3.05, 3.63) is 24.0 Å². The molecule has 0 aliphatic carbocycles. The van der Waals surface area contributed by atoms with Gasteiger partial charge >= 0.3 is 0 Å².